The van der Waals surface area contributed by atoms with Crippen LogP contribution in [0, 0.1) is 0 Å². The molecule has 0 saturated heterocycles. The Morgan fingerprint density at radius 3 is 2.44 bits per heavy atom. The third kappa shape index (κ3) is 4.35. The molecular weight excluding hydrogens is 344 g/mol. The van der Waals surface area contributed by atoms with Crippen LogP contribution in [0.25, 0.3) is 11.0 Å². The SMILES string of the molecule is CCOCC(=O)Nc1c(C(=O)Nc2ccc(CC)cc2)oc2ccccc12. The second kappa shape index (κ2) is 8.51. The topological polar surface area (TPSA) is 80.6 Å². The van der Waals surface area contributed by atoms with E-state index in [9.17, 15) is 9.59 Å². The summed E-state index contributed by atoms with van der Waals surface area (Å²) in [5.74, 6) is -0.715. The highest BCUT2D eigenvalue weighted by atomic mass is 16.5. The number of benzene rings is 2. The average molecular weight is 366 g/mol. The third-order valence-corrected chi connectivity index (χ3v) is 4.12. The van der Waals surface area contributed by atoms with Crippen LogP contribution in [0.5, 0.6) is 0 Å². The number of amides is 2. The lowest BCUT2D eigenvalue weighted by atomic mass is 10.1. The minimum Gasteiger partial charge on any atom is -0.449 e. The molecule has 6 heteroatoms. The van der Waals surface area contributed by atoms with Crippen LogP contribution in [-0.4, -0.2) is 25.0 Å². The van der Waals surface area contributed by atoms with Crippen molar-refractivity contribution in [1.29, 1.82) is 0 Å². The van der Waals surface area contributed by atoms with Gasteiger partial charge in [0, 0.05) is 17.7 Å². The molecule has 0 radical (unpaired) electrons. The molecule has 3 aromatic rings. The van der Waals surface area contributed by atoms with Gasteiger partial charge in [-0.1, -0.05) is 31.2 Å². The molecule has 1 heterocycles. The van der Waals surface area contributed by atoms with Crippen molar-refractivity contribution in [2.45, 2.75) is 20.3 Å². The van der Waals surface area contributed by atoms with Crippen LogP contribution in [0.15, 0.2) is 52.9 Å². The van der Waals surface area contributed by atoms with Gasteiger partial charge in [-0.3, -0.25) is 9.59 Å². The summed E-state index contributed by atoms with van der Waals surface area (Å²) in [7, 11) is 0. The first kappa shape index (κ1) is 18.7. The van der Waals surface area contributed by atoms with Crippen LogP contribution in [0.4, 0.5) is 11.4 Å². The number of para-hydroxylation sites is 1. The Morgan fingerprint density at radius 1 is 1.00 bits per heavy atom. The number of carbonyl (C=O) groups is 2. The fourth-order valence-corrected chi connectivity index (χ4v) is 2.71. The van der Waals surface area contributed by atoms with E-state index < -0.39 is 5.91 Å². The van der Waals surface area contributed by atoms with Crippen LogP contribution in [0.1, 0.15) is 30.0 Å². The summed E-state index contributed by atoms with van der Waals surface area (Å²) in [6, 6.07) is 14.8. The van der Waals surface area contributed by atoms with Gasteiger partial charge in [-0.25, -0.2) is 0 Å². The molecule has 1 aromatic heterocycles. The summed E-state index contributed by atoms with van der Waals surface area (Å²) in [5, 5.41) is 6.21. The van der Waals surface area contributed by atoms with E-state index in [0.29, 0.717) is 29.0 Å². The van der Waals surface area contributed by atoms with E-state index in [1.807, 2.05) is 43.3 Å². The van der Waals surface area contributed by atoms with Crippen molar-refractivity contribution < 1.29 is 18.7 Å². The van der Waals surface area contributed by atoms with Crippen molar-refractivity contribution in [3.8, 4) is 0 Å². The Bertz CT molecular complexity index is 944. The van der Waals surface area contributed by atoms with E-state index in [0.717, 1.165) is 6.42 Å². The molecule has 0 spiro atoms. The van der Waals surface area contributed by atoms with Crippen LogP contribution in [0.2, 0.25) is 0 Å². The summed E-state index contributed by atoms with van der Waals surface area (Å²) >= 11 is 0. The van der Waals surface area contributed by atoms with Gasteiger partial charge in [0.05, 0.1) is 0 Å². The van der Waals surface area contributed by atoms with E-state index in [-0.39, 0.29) is 18.3 Å². The number of rotatable bonds is 7. The van der Waals surface area contributed by atoms with E-state index in [1.54, 1.807) is 12.1 Å². The molecule has 140 valence electrons. The fourth-order valence-electron chi connectivity index (χ4n) is 2.71. The zero-order valence-corrected chi connectivity index (χ0v) is 15.4. The van der Waals surface area contributed by atoms with E-state index in [1.165, 1.54) is 5.56 Å². The lowest BCUT2D eigenvalue weighted by Crippen LogP contribution is -2.20. The van der Waals surface area contributed by atoms with Gasteiger partial charge >= 0.3 is 0 Å². The number of ether oxygens (including phenoxy) is 1. The molecule has 0 bridgehead atoms. The third-order valence-electron chi connectivity index (χ3n) is 4.12. The highest BCUT2D eigenvalue weighted by Gasteiger charge is 2.22. The number of furan rings is 1. The smallest absolute Gasteiger partial charge is 0.293 e. The van der Waals surface area contributed by atoms with Crippen LogP contribution in [0.3, 0.4) is 0 Å². The fraction of sp³-hybridized carbons (Fsp3) is 0.238. The molecule has 2 aromatic carbocycles. The number of carbonyl (C=O) groups excluding carboxylic acids is 2. The standard InChI is InChI=1S/C21H22N2O4/c1-3-14-9-11-15(12-10-14)22-21(25)20-19(23-18(24)13-26-4-2)16-7-5-6-8-17(16)27-20/h5-12H,3-4,13H2,1-2H3,(H,22,25)(H,23,24). The number of hydrogen-bond donors (Lipinski definition) is 2. The molecule has 2 N–H and O–H groups in total. The van der Waals surface area contributed by atoms with Crippen LogP contribution >= 0.6 is 0 Å². The van der Waals surface area contributed by atoms with Gasteiger partial charge in [0.2, 0.25) is 11.7 Å². The number of fused-ring (bicyclic) bond motifs is 1. The number of nitrogens with one attached hydrogen (secondary N) is 2. The van der Waals surface area contributed by atoms with Gasteiger partial charge in [-0.15, -0.1) is 0 Å². The monoisotopic (exact) mass is 366 g/mol. The maximum absolute atomic E-state index is 12.8. The predicted molar refractivity (Wildman–Crippen MR) is 105 cm³/mol. The first-order valence-corrected chi connectivity index (χ1v) is 8.91. The molecule has 6 nitrogen and oxygen atoms in total. The van der Waals surface area contributed by atoms with Crippen molar-refractivity contribution in [3.63, 3.8) is 0 Å². The maximum atomic E-state index is 12.8. The highest BCUT2D eigenvalue weighted by Crippen LogP contribution is 2.31. The van der Waals surface area contributed by atoms with Crippen molar-refractivity contribution in [3.05, 3.63) is 59.9 Å². The van der Waals surface area contributed by atoms with Crippen molar-refractivity contribution in [2.75, 3.05) is 23.8 Å². The molecule has 2 amide bonds. The van der Waals surface area contributed by atoms with Gasteiger partial charge in [-0.05, 0) is 43.2 Å². The maximum Gasteiger partial charge on any atom is 0.293 e. The minimum absolute atomic E-state index is 0.0561. The minimum atomic E-state index is -0.429. The molecular formula is C21H22N2O4. The average Bonchev–Trinajstić information content (AvgIpc) is 3.05. The number of anilines is 2. The van der Waals surface area contributed by atoms with Gasteiger partial charge < -0.3 is 19.8 Å². The quantitative estimate of drug-likeness (QED) is 0.656. The highest BCUT2D eigenvalue weighted by molar-refractivity contribution is 6.14. The van der Waals surface area contributed by atoms with Gasteiger partial charge in [-0.2, -0.15) is 0 Å². The molecule has 0 saturated carbocycles. The molecule has 0 aliphatic rings. The van der Waals surface area contributed by atoms with Gasteiger partial charge in [0.1, 0.15) is 17.9 Å². The van der Waals surface area contributed by atoms with E-state index >= 15 is 0 Å². The van der Waals surface area contributed by atoms with Crippen LogP contribution in [-0.2, 0) is 16.0 Å². The number of hydrogen-bond acceptors (Lipinski definition) is 4. The van der Waals surface area contributed by atoms with Crippen LogP contribution < -0.4 is 10.6 Å². The first-order chi connectivity index (χ1) is 13.1. The second-order valence-corrected chi connectivity index (χ2v) is 5.99. The first-order valence-electron chi connectivity index (χ1n) is 8.91. The molecule has 0 atom stereocenters. The molecule has 0 fully saturated rings. The normalized spacial score (nSPS) is 10.7. The number of aryl methyl sites for hydroxylation is 1. The molecule has 0 aliphatic heterocycles. The lowest BCUT2D eigenvalue weighted by Gasteiger charge is -2.08. The Hall–Kier alpha value is -3.12. The summed E-state index contributed by atoms with van der Waals surface area (Å²) in [6.07, 6.45) is 0.924. The van der Waals surface area contributed by atoms with Gasteiger partial charge in [0.15, 0.2) is 0 Å². The van der Waals surface area contributed by atoms with E-state index in [4.69, 9.17) is 9.15 Å². The Labute approximate surface area is 157 Å². The Kier molecular flexibility index (Phi) is 5.88. The Morgan fingerprint density at radius 2 is 1.74 bits per heavy atom. The summed E-state index contributed by atoms with van der Waals surface area (Å²) in [4.78, 5) is 24.9. The lowest BCUT2D eigenvalue weighted by molar-refractivity contribution is -0.120. The second-order valence-electron chi connectivity index (χ2n) is 5.99. The zero-order valence-electron chi connectivity index (χ0n) is 15.4. The van der Waals surface area contributed by atoms with Crippen molar-refractivity contribution in [1.82, 2.24) is 0 Å². The molecule has 0 unspecified atom stereocenters. The summed E-state index contributed by atoms with van der Waals surface area (Å²) < 4.78 is 10.8. The van der Waals surface area contributed by atoms with E-state index in [2.05, 4.69) is 17.6 Å². The Balaban J connectivity index is 1.88. The largest absolute Gasteiger partial charge is 0.449 e. The molecule has 27 heavy (non-hydrogen) atoms. The summed E-state index contributed by atoms with van der Waals surface area (Å²) in [5.41, 5.74) is 2.71. The zero-order chi connectivity index (χ0) is 19.2. The van der Waals surface area contributed by atoms with Crippen molar-refractivity contribution in [2.24, 2.45) is 0 Å². The molecule has 3 rings (SSSR count). The van der Waals surface area contributed by atoms with Crippen molar-refractivity contribution >= 4 is 34.2 Å². The summed E-state index contributed by atoms with van der Waals surface area (Å²) in [6.45, 7) is 4.22. The van der Waals surface area contributed by atoms with Gasteiger partial charge in [0.25, 0.3) is 5.91 Å². The predicted octanol–water partition coefficient (Wildman–Crippen LogP) is 4.22. The molecule has 0 aliphatic carbocycles.